The van der Waals surface area contributed by atoms with Crippen molar-refractivity contribution in [2.75, 3.05) is 26.0 Å². The number of allylic oxidation sites excluding steroid dienone is 1. The van der Waals surface area contributed by atoms with E-state index in [0.29, 0.717) is 17.4 Å². The molecule has 0 atom stereocenters. The molecule has 3 N–H and O–H groups in total. The average Bonchev–Trinajstić information content (AvgIpc) is 3.80. The van der Waals surface area contributed by atoms with Gasteiger partial charge in [-0.25, -0.2) is 9.37 Å². The van der Waals surface area contributed by atoms with Gasteiger partial charge in [-0.1, -0.05) is 37.6 Å². The molecule has 2 aromatic carbocycles. The molecular weight excluding hydrogens is 563 g/mol. The minimum Gasteiger partial charge on any atom is -0.358 e. The molecule has 1 aliphatic carbocycles. The van der Waals surface area contributed by atoms with Crippen molar-refractivity contribution in [3.63, 3.8) is 0 Å². The number of nitrogens with zero attached hydrogens (tertiary/aromatic N) is 5. The molecule has 45 heavy (non-hydrogen) atoms. The number of aromatic amines is 2. The third-order valence-electron chi connectivity index (χ3n) is 8.71. The topological polar surface area (TPSA) is 98.4 Å². The van der Waals surface area contributed by atoms with Crippen LogP contribution in [0.1, 0.15) is 37.7 Å². The minimum atomic E-state index is -0.241. The summed E-state index contributed by atoms with van der Waals surface area (Å²) in [4.78, 5) is 19.8. The minimum absolute atomic E-state index is 0.241. The molecule has 0 radical (unpaired) electrons. The number of para-hydroxylation sites is 1. The summed E-state index contributed by atoms with van der Waals surface area (Å²) in [6.07, 6.45) is 12.1. The molecule has 0 amide bonds. The first kappa shape index (κ1) is 28.9. The lowest BCUT2D eigenvalue weighted by molar-refractivity contribution is 0.400. The Kier molecular flexibility index (Phi) is 7.85. The van der Waals surface area contributed by atoms with Crippen LogP contribution in [-0.4, -0.2) is 55.7 Å². The average molecular weight is 601 g/mol. The molecule has 228 valence electrons. The lowest BCUT2D eigenvalue weighted by Crippen LogP contribution is -2.13. The van der Waals surface area contributed by atoms with E-state index in [4.69, 9.17) is 9.97 Å². The van der Waals surface area contributed by atoms with Gasteiger partial charge in [0.05, 0.1) is 40.3 Å². The van der Waals surface area contributed by atoms with E-state index in [1.807, 2.05) is 36.7 Å². The molecule has 1 fully saturated rings. The summed E-state index contributed by atoms with van der Waals surface area (Å²) in [7, 11) is 4.10. The van der Waals surface area contributed by atoms with Gasteiger partial charge >= 0.3 is 0 Å². The molecule has 7 rings (SSSR count). The highest BCUT2D eigenvalue weighted by Crippen LogP contribution is 2.34. The lowest BCUT2D eigenvalue weighted by Gasteiger charge is -2.15. The number of hydrogen-bond donors (Lipinski definition) is 3. The zero-order valence-corrected chi connectivity index (χ0v) is 25.7. The molecule has 0 unspecified atom stereocenters. The van der Waals surface area contributed by atoms with Crippen LogP contribution >= 0.6 is 0 Å². The van der Waals surface area contributed by atoms with Crippen LogP contribution in [0.3, 0.4) is 0 Å². The Morgan fingerprint density at radius 1 is 1.02 bits per heavy atom. The van der Waals surface area contributed by atoms with Crippen molar-refractivity contribution in [2.24, 2.45) is 5.92 Å². The molecule has 4 aromatic heterocycles. The maximum atomic E-state index is 14.8. The van der Waals surface area contributed by atoms with Crippen molar-refractivity contribution in [3.8, 4) is 33.9 Å². The van der Waals surface area contributed by atoms with Gasteiger partial charge in [-0.05, 0) is 93.7 Å². The molecule has 0 saturated heterocycles. The number of nitrogens with one attached hydrogen (secondary N) is 3. The van der Waals surface area contributed by atoms with Crippen molar-refractivity contribution in [2.45, 2.75) is 38.5 Å². The Hall–Kier alpha value is -4.89. The monoisotopic (exact) mass is 600 g/mol. The van der Waals surface area contributed by atoms with Crippen LogP contribution in [0.25, 0.3) is 55.8 Å². The third-order valence-corrected chi connectivity index (χ3v) is 8.71. The second-order valence-electron chi connectivity index (χ2n) is 12.3. The zero-order chi connectivity index (χ0) is 30.9. The maximum absolute atomic E-state index is 14.8. The molecule has 0 aliphatic heterocycles. The van der Waals surface area contributed by atoms with Gasteiger partial charge in [0.25, 0.3) is 0 Å². The van der Waals surface area contributed by atoms with E-state index in [-0.39, 0.29) is 5.82 Å². The first-order chi connectivity index (χ1) is 21.9. The van der Waals surface area contributed by atoms with E-state index in [1.54, 1.807) is 18.3 Å². The highest BCUT2D eigenvalue weighted by Gasteiger charge is 2.19. The second kappa shape index (κ2) is 12.2. The molecule has 0 bridgehead atoms. The predicted octanol–water partition coefficient (Wildman–Crippen LogP) is 7.98. The number of hydrogen-bond acceptors (Lipinski definition) is 6. The number of H-pyrrole nitrogens is 2. The molecule has 0 spiro atoms. The fourth-order valence-corrected chi connectivity index (χ4v) is 6.39. The smallest absolute Gasteiger partial charge is 0.159 e. The van der Waals surface area contributed by atoms with E-state index in [1.165, 1.54) is 25.7 Å². The Balaban J connectivity index is 1.20. The van der Waals surface area contributed by atoms with Crippen molar-refractivity contribution in [1.82, 2.24) is 35.0 Å². The Labute approximate surface area is 261 Å². The van der Waals surface area contributed by atoms with Gasteiger partial charge in [0.2, 0.25) is 0 Å². The van der Waals surface area contributed by atoms with Gasteiger partial charge in [0.1, 0.15) is 11.5 Å². The molecule has 1 aliphatic rings. The molecular formula is C36H37FN8. The van der Waals surface area contributed by atoms with Gasteiger partial charge in [-0.3, -0.25) is 15.1 Å². The van der Waals surface area contributed by atoms with Gasteiger partial charge in [0, 0.05) is 28.4 Å². The Morgan fingerprint density at radius 2 is 1.89 bits per heavy atom. The SMILES string of the molecule is C=C(Nc1cncc(-c2cc3c(-c4nc5c(-c6cc(F)cc(CCCN(C)C)c6)cccc5[nH]4)n[nH]c3cn2)c1)C1CCCC1. The normalized spacial score (nSPS) is 13.8. The lowest BCUT2D eigenvalue weighted by atomic mass is 9.99. The van der Waals surface area contributed by atoms with Crippen LogP contribution in [0.15, 0.2) is 79.4 Å². The standard InChI is InChI=1S/C36H37FN8/c1-22(24-9-4-5-10-24)40-28-17-26(19-38-20-28)32-18-30-33(21-39-32)43-44-35(30)36-41-31-12-6-11-29(34(31)42-36)25-14-23(15-27(37)16-25)8-7-13-45(2)3/h6,11-12,14-21,24,40H,1,4-5,7-10,13H2,2-3H3,(H,41,42)(H,43,44). The summed E-state index contributed by atoms with van der Waals surface area (Å²) < 4.78 is 14.8. The second-order valence-corrected chi connectivity index (χ2v) is 12.3. The highest BCUT2D eigenvalue weighted by molar-refractivity contribution is 5.97. The van der Waals surface area contributed by atoms with Crippen LogP contribution < -0.4 is 5.32 Å². The summed E-state index contributed by atoms with van der Waals surface area (Å²) in [6.45, 7) is 5.24. The van der Waals surface area contributed by atoms with Gasteiger partial charge < -0.3 is 15.2 Å². The van der Waals surface area contributed by atoms with Crippen LogP contribution in [0, 0.1) is 11.7 Å². The molecule has 1 saturated carbocycles. The zero-order valence-electron chi connectivity index (χ0n) is 25.7. The summed E-state index contributed by atoms with van der Waals surface area (Å²) in [5.41, 5.74) is 9.43. The quantitative estimate of drug-likeness (QED) is 0.147. The Morgan fingerprint density at radius 3 is 2.73 bits per heavy atom. The summed E-state index contributed by atoms with van der Waals surface area (Å²) >= 11 is 0. The molecule has 6 aromatic rings. The van der Waals surface area contributed by atoms with Crippen molar-refractivity contribution in [1.29, 1.82) is 0 Å². The number of imidazole rings is 1. The first-order valence-corrected chi connectivity index (χ1v) is 15.6. The molecule has 4 heterocycles. The first-order valence-electron chi connectivity index (χ1n) is 15.6. The number of anilines is 1. The van der Waals surface area contributed by atoms with Gasteiger partial charge in [-0.2, -0.15) is 5.10 Å². The van der Waals surface area contributed by atoms with Crippen molar-refractivity contribution in [3.05, 3.63) is 90.8 Å². The number of aryl methyl sites for hydroxylation is 1. The fourth-order valence-electron chi connectivity index (χ4n) is 6.39. The summed E-state index contributed by atoms with van der Waals surface area (Å²) in [5, 5.41) is 12.1. The van der Waals surface area contributed by atoms with E-state index in [9.17, 15) is 4.39 Å². The van der Waals surface area contributed by atoms with Crippen molar-refractivity contribution < 1.29 is 4.39 Å². The summed E-state index contributed by atoms with van der Waals surface area (Å²) in [6, 6.07) is 15.3. The molecule has 9 heteroatoms. The number of rotatable bonds is 10. The maximum Gasteiger partial charge on any atom is 0.159 e. The third kappa shape index (κ3) is 6.08. The largest absolute Gasteiger partial charge is 0.358 e. The Bertz CT molecular complexity index is 2000. The summed E-state index contributed by atoms with van der Waals surface area (Å²) in [5.74, 6) is 0.900. The van der Waals surface area contributed by atoms with E-state index in [0.717, 1.165) is 80.7 Å². The van der Waals surface area contributed by atoms with Crippen LogP contribution in [-0.2, 0) is 6.42 Å². The van der Waals surface area contributed by atoms with E-state index >= 15 is 0 Å². The van der Waals surface area contributed by atoms with Crippen LogP contribution in [0.4, 0.5) is 10.1 Å². The van der Waals surface area contributed by atoms with Crippen LogP contribution in [0.2, 0.25) is 0 Å². The fraction of sp³-hybridized carbons (Fsp3) is 0.278. The van der Waals surface area contributed by atoms with E-state index in [2.05, 4.69) is 63.2 Å². The van der Waals surface area contributed by atoms with Gasteiger partial charge in [-0.15, -0.1) is 0 Å². The van der Waals surface area contributed by atoms with Gasteiger partial charge in [0.15, 0.2) is 5.82 Å². The predicted molar refractivity (Wildman–Crippen MR) is 179 cm³/mol. The van der Waals surface area contributed by atoms with Crippen molar-refractivity contribution >= 4 is 27.6 Å². The molecule has 8 nitrogen and oxygen atoms in total. The number of halogens is 1. The number of fused-ring (bicyclic) bond motifs is 2. The number of aromatic nitrogens is 6. The number of pyridine rings is 2. The highest BCUT2D eigenvalue weighted by atomic mass is 19.1. The van der Waals surface area contributed by atoms with E-state index < -0.39 is 0 Å². The number of benzene rings is 2. The van der Waals surface area contributed by atoms with Crippen LogP contribution in [0.5, 0.6) is 0 Å².